The van der Waals surface area contributed by atoms with E-state index in [4.69, 9.17) is 15.4 Å². The van der Waals surface area contributed by atoms with Gasteiger partial charge in [-0.05, 0) is 24.5 Å². The highest BCUT2D eigenvalue weighted by atomic mass is 35.7. The first-order chi connectivity index (χ1) is 9.50. The number of rotatable bonds is 5. The molecule has 1 aliphatic carbocycles. The third-order valence-corrected chi connectivity index (χ3v) is 5.12. The fraction of sp³-hybridized carbons (Fsp3) is 0.429. The topological polar surface area (TPSA) is 48.3 Å². The van der Waals surface area contributed by atoms with Crippen molar-refractivity contribution in [2.75, 3.05) is 7.11 Å². The van der Waals surface area contributed by atoms with Crippen molar-refractivity contribution in [2.45, 2.75) is 30.7 Å². The lowest BCUT2D eigenvalue weighted by Crippen LogP contribution is -1.97. The number of methoxy groups -OCH3 is 1. The zero-order valence-electron chi connectivity index (χ0n) is 11.2. The van der Waals surface area contributed by atoms with Gasteiger partial charge in [-0.3, -0.25) is 0 Å². The minimum Gasteiger partial charge on any atom is -0.496 e. The molecule has 0 radical (unpaired) electrons. The number of hydrogen-bond donors (Lipinski definition) is 0. The van der Waals surface area contributed by atoms with E-state index in [0.717, 1.165) is 24.4 Å². The first-order valence-corrected chi connectivity index (χ1v) is 8.92. The van der Waals surface area contributed by atoms with Gasteiger partial charge in [0.1, 0.15) is 10.6 Å². The third-order valence-electron chi connectivity index (χ3n) is 3.79. The van der Waals surface area contributed by atoms with E-state index in [2.05, 4.69) is 0 Å². The van der Waals surface area contributed by atoms with E-state index in [1.54, 1.807) is 12.3 Å². The highest BCUT2D eigenvalue weighted by Crippen LogP contribution is 2.37. The van der Waals surface area contributed by atoms with Gasteiger partial charge in [0.2, 0.25) is 0 Å². The van der Waals surface area contributed by atoms with Gasteiger partial charge < -0.3 is 9.30 Å². The van der Waals surface area contributed by atoms with E-state index in [1.165, 1.54) is 20.0 Å². The van der Waals surface area contributed by atoms with Crippen LogP contribution in [0.5, 0.6) is 5.75 Å². The van der Waals surface area contributed by atoms with Gasteiger partial charge in [-0.15, -0.1) is 0 Å². The lowest BCUT2D eigenvalue weighted by molar-refractivity contribution is 0.419. The van der Waals surface area contributed by atoms with Crippen molar-refractivity contribution in [1.29, 1.82) is 0 Å². The summed E-state index contributed by atoms with van der Waals surface area (Å²) in [7, 11) is 3.29. The molecule has 0 bridgehead atoms. The molecular formula is C14H16ClNO3S. The van der Waals surface area contributed by atoms with Crippen molar-refractivity contribution in [3.05, 3.63) is 24.4 Å². The number of benzene rings is 1. The second-order valence-electron chi connectivity index (χ2n) is 5.21. The molecule has 0 saturated heterocycles. The molecule has 0 aliphatic heterocycles. The van der Waals surface area contributed by atoms with Crippen molar-refractivity contribution in [3.63, 3.8) is 0 Å². The van der Waals surface area contributed by atoms with Crippen LogP contribution >= 0.6 is 10.7 Å². The Kier molecular flexibility index (Phi) is 3.42. The number of aryl methyl sites for hydroxylation is 1. The molecule has 0 spiro atoms. The normalized spacial score (nSPS) is 15.7. The molecule has 1 fully saturated rings. The zero-order chi connectivity index (χ0) is 14.3. The molecule has 0 amide bonds. The summed E-state index contributed by atoms with van der Waals surface area (Å²) in [6.45, 7) is 0.806. The third kappa shape index (κ3) is 2.52. The maximum Gasteiger partial charge on any atom is 0.263 e. The van der Waals surface area contributed by atoms with Gasteiger partial charge in [0.05, 0.1) is 18.0 Å². The van der Waals surface area contributed by atoms with Gasteiger partial charge in [-0.2, -0.15) is 0 Å². The van der Waals surface area contributed by atoms with Crippen molar-refractivity contribution in [2.24, 2.45) is 5.92 Å². The highest BCUT2D eigenvalue weighted by molar-refractivity contribution is 8.14. The summed E-state index contributed by atoms with van der Waals surface area (Å²) >= 11 is 0. The van der Waals surface area contributed by atoms with Gasteiger partial charge in [0.25, 0.3) is 9.05 Å². The van der Waals surface area contributed by atoms with Crippen molar-refractivity contribution in [1.82, 2.24) is 4.57 Å². The summed E-state index contributed by atoms with van der Waals surface area (Å²) in [5.74, 6) is 1.32. The number of hydrogen-bond acceptors (Lipinski definition) is 3. The Bertz CT molecular complexity index is 747. The number of halogens is 1. The van der Waals surface area contributed by atoms with Gasteiger partial charge in [0, 0.05) is 23.4 Å². The summed E-state index contributed by atoms with van der Waals surface area (Å²) in [5, 5.41) is 0.570. The summed E-state index contributed by atoms with van der Waals surface area (Å²) in [6.07, 6.45) is 5.26. The Morgan fingerprint density at radius 1 is 1.40 bits per heavy atom. The zero-order valence-corrected chi connectivity index (χ0v) is 12.7. The van der Waals surface area contributed by atoms with Gasteiger partial charge >= 0.3 is 0 Å². The molecule has 0 N–H and O–H groups in total. The van der Waals surface area contributed by atoms with Crippen LogP contribution in [0.1, 0.15) is 19.3 Å². The van der Waals surface area contributed by atoms with Gasteiger partial charge in [0.15, 0.2) is 0 Å². The first-order valence-electron chi connectivity index (χ1n) is 6.61. The average molecular weight is 314 g/mol. The highest BCUT2D eigenvalue weighted by Gasteiger charge is 2.24. The predicted molar refractivity (Wildman–Crippen MR) is 78.9 cm³/mol. The minimum atomic E-state index is -3.79. The molecule has 1 aromatic heterocycles. The maximum absolute atomic E-state index is 11.8. The second-order valence-corrected chi connectivity index (χ2v) is 7.75. The number of aromatic nitrogens is 1. The van der Waals surface area contributed by atoms with E-state index in [9.17, 15) is 8.42 Å². The maximum atomic E-state index is 11.8. The molecule has 3 rings (SSSR count). The predicted octanol–water partition coefficient (Wildman–Crippen LogP) is 3.38. The summed E-state index contributed by atoms with van der Waals surface area (Å²) in [5.41, 5.74) is 0.851. The van der Waals surface area contributed by atoms with Crippen LogP contribution < -0.4 is 4.74 Å². The molecule has 2 aromatic rings. The van der Waals surface area contributed by atoms with E-state index >= 15 is 0 Å². The molecular weight excluding hydrogens is 298 g/mol. The van der Waals surface area contributed by atoms with Crippen LogP contribution in [0, 0.1) is 5.92 Å². The number of ether oxygens (including phenoxy) is 1. The standard InChI is InChI=1S/C14H16ClNO3S/c1-19-12-4-2-3-11-14(12)13(20(15,17)18)9-16(11)8-7-10-5-6-10/h2-4,9-10H,5-8H2,1H3. The molecule has 108 valence electrons. The molecule has 1 aromatic carbocycles. The van der Waals surface area contributed by atoms with E-state index < -0.39 is 9.05 Å². The van der Waals surface area contributed by atoms with Crippen molar-refractivity contribution in [3.8, 4) is 5.75 Å². The molecule has 0 unspecified atom stereocenters. The Hall–Kier alpha value is -1.20. The number of nitrogens with zero attached hydrogens (tertiary/aromatic N) is 1. The largest absolute Gasteiger partial charge is 0.496 e. The van der Waals surface area contributed by atoms with Crippen LogP contribution in [0.2, 0.25) is 0 Å². The van der Waals surface area contributed by atoms with Crippen LogP contribution in [0.3, 0.4) is 0 Å². The Labute approximate surface area is 122 Å². The average Bonchev–Trinajstić information content (AvgIpc) is 3.14. The molecule has 1 aliphatic rings. The first kappa shape index (κ1) is 13.8. The SMILES string of the molecule is COc1cccc2c1c(S(=O)(=O)Cl)cn2CCC1CC1. The molecule has 20 heavy (non-hydrogen) atoms. The molecule has 0 atom stereocenters. The molecule has 1 saturated carbocycles. The number of fused-ring (bicyclic) bond motifs is 1. The van der Waals surface area contributed by atoms with Crippen molar-refractivity contribution < 1.29 is 13.2 Å². The Morgan fingerprint density at radius 2 is 2.15 bits per heavy atom. The van der Waals surface area contributed by atoms with Crippen LogP contribution in [-0.4, -0.2) is 20.1 Å². The second kappa shape index (κ2) is 4.97. The monoisotopic (exact) mass is 313 g/mol. The molecule has 1 heterocycles. The van der Waals surface area contributed by atoms with E-state index in [1.807, 2.05) is 16.7 Å². The van der Waals surface area contributed by atoms with E-state index in [-0.39, 0.29) is 4.90 Å². The minimum absolute atomic E-state index is 0.127. The Morgan fingerprint density at radius 3 is 2.75 bits per heavy atom. The molecule has 6 heteroatoms. The Balaban J connectivity index is 2.15. The van der Waals surface area contributed by atoms with Crippen LogP contribution in [0.15, 0.2) is 29.3 Å². The van der Waals surface area contributed by atoms with Crippen LogP contribution in [-0.2, 0) is 15.6 Å². The summed E-state index contributed by atoms with van der Waals surface area (Å²) in [4.78, 5) is 0.127. The lowest BCUT2D eigenvalue weighted by Gasteiger charge is -2.06. The van der Waals surface area contributed by atoms with Gasteiger partial charge in [-0.25, -0.2) is 8.42 Å². The smallest absolute Gasteiger partial charge is 0.263 e. The lowest BCUT2D eigenvalue weighted by atomic mass is 10.2. The summed E-state index contributed by atoms with van der Waals surface area (Å²) in [6, 6.07) is 5.51. The van der Waals surface area contributed by atoms with Crippen LogP contribution in [0.4, 0.5) is 0 Å². The quantitative estimate of drug-likeness (QED) is 0.795. The van der Waals surface area contributed by atoms with Crippen LogP contribution in [0.25, 0.3) is 10.9 Å². The molecule has 4 nitrogen and oxygen atoms in total. The summed E-state index contributed by atoms with van der Waals surface area (Å²) < 4.78 is 30.8. The van der Waals surface area contributed by atoms with E-state index in [0.29, 0.717) is 11.1 Å². The fourth-order valence-corrected chi connectivity index (χ4v) is 3.60. The van der Waals surface area contributed by atoms with Gasteiger partial charge in [-0.1, -0.05) is 18.9 Å². The fourth-order valence-electron chi connectivity index (χ4n) is 2.55. The van der Waals surface area contributed by atoms with Crippen molar-refractivity contribution >= 4 is 30.6 Å².